The van der Waals surface area contributed by atoms with Crippen LogP contribution in [-0.4, -0.2) is 30.7 Å². The standard InChI is InChI=1S/C13H21F2NO/c14-13(15)5-3-12(4-6-13)11(9-10-1-2-10)16-7-8-17-12/h10-11,16H,1-9H2. The van der Waals surface area contributed by atoms with E-state index in [1.165, 1.54) is 12.8 Å². The Bertz CT molecular complexity index is 281. The number of alkyl halides is 2. The molecule has 2 saturated carbocycles. The number of hydrogen-bond acceptors (Lipinski definition) is 2. The number of hydrogen-bond donors (Lipinski definition) is 1. The lowest BCUT2D eigenvalue weighted by atomic mass is 9.75. The maximum Gasteiger partial charge on any atom is 0.248 e. The highest BCUT2D eigenvalue weighted by Gasteiger charge is 2.50. The number of ether oxygens (including phenoxy) is 1. The molecule has 3 rings (SSSR count). The van der Waals surface area contributed by atoms with Crippen molar-refractivity contribution in [1.82, 2.24) is 5.32 Å². The van der Waals surface area contributed by atoms with Crippen LogP contribution in [0.15, 0.2) is 0 Å². The smallest absolute Gasteiger partial charge is 0.248 e. The zero-order valence-corrected chi connectivity index (χ0v) is 10.2. The number of nitrogens with one attached hydrogen (secondary N) is 1. The predicted molar refractivity (Wildman–Crippen MR) is 61.2 cm³/mol. The molecule has 1 aliphatic heterocycles. The van der Waals surface area contributed by atoms with E-state index in [1.54, 1.807) is 0 Å². The summed E-state index contributed by atoms with van der Waals surface area (Å²) < 4.78 is 32.5. The van der Waals surface area contributed by atoms with Gasteiger partial charge in [0.1, 0.15) is 0 Å². The van der Waals surface area contributed by atoms with Crippen LogP contribution in [0.4, 0.5) is 8.78 Å². The molecule has 1 spiro atoms. The molecule has 0 radical (unpaired) electrons. The normalized spacial score (nSPS) is 36.0. The Morgan fingerprint density at radius 3 is 2.47 bits per heavy atom. The maximum absolute atomic E-state index is 13.3. The van der Waals surface area contributed by atoms with Gasteiger partial charge in [-0.1, -0.05) is 12.8 Å². The third-order valence-corrected chi connectivity index (χ3v) is 4.61. The minimum absolute atomic E-state index is 0.00412. The summed E-state index contributed by atoms with van der Waals surface area (Å²) in [4.78, 5) is 0. The second kappa shape index (κ2) is 4.16. The Morgan fingerprint density at radius 2 is 1.82 bits per heavy atom. The van der Waals surface area contributed by atoms with Crippen LogP contribution in [0, 0.1) is 5.92 Å². The van der Waals surface area contributed by atoms with E-state index in [0.29, 0.717) is 25.5 Å². The zero-order valence-electron chi connectivity index (χ0n) is 10.2. The topological polar surface area (TPSA) is 21.3 Å². The summed E-state index contributed by atoms with van der Waals surface area (Å²) in [6.07, 6.45) is 4.76. The summed E-state index contributed by atoms with van der Waals surface area (Å²) in [5, 5.41) is 3.51. The molecule has 0 aromatic rings. The highest BCUT2D eigenvalue weighted by atomic mass is 19.3. The molecule has 2 nitrogen and oxygen atoms in total. The molecule has 1 unspecified atom stereocenters. The first-order chi connectivity index (χ1) is 8.10. The van der Waals surface area contributed by atoms with Crippen molar-refractivity contribution in [3.05, 3.63) is 0 Å². The largest absolute Gasteiger partial charge is 0.372 e. The van der Waals surface area contributed by atoms with Gasteiger partial charge in [-0.2, -0.15) is 0 Å². The lowest BCUT2D eigenvalue weighted by Gasteiger charge is -2.48. The average Bonchev–Trinajstić information content (AvgIpc) is 3.10. The summed E-state index contributed by atoms with van der Waals surface area (Å²) in [5.74, 6) is -1.65. The Balaban J connectivity index is 1.68. The van der Waals surface area contributed by atoms with Crippen LogP contribution in [0.1, 0.15) is 44.9 Å². The molecule has 2 aliphatic carbocycles. The van der Waals surface area contributed by atoms with Gasteiger partial charge in [-0.15, -0.1) is 0 Å². The lowest BCUT2D eigenvalue weighted by molar-refractivity contribution is -0.163. The molecule has 3 fully saturated rings. The van der Waals surface area contributed by atoms with E-state index in [1.807, 2.05) is 0 Å². The molecule has 0 aromatic carbocycles. The van der Waals surface area contributed by atoms with Gasteiger partial charge in [0.2, 0.25) is 5.92 Å². The molecular formula is C13H21F2NO. The van der Waals surface area contributed by atoms with Crippen LogP contribution in [0.3, 0.4) is 0 Å². The van der Waals surface area contributed by atoms with Gasteiger partial charge in [-0.05, 0) is 25.2 Å². The van der Waals surface area contributed by atoms with Gasteiger partial charge in [0, 0.05) is 25.4 Å². The number of halogens is 2. The summed E-state index contributed by atoms with van der Waals surface area (Å²) in [6.45, 7) is 1.54. The number of rotatable bonds is 2. The Labute approximate surface area is 101 Å². The molecule has 4 heteroatoms. The summed E-state index contributed by atoms with van der Waals surface area (Å²) in [6, 6.07) is 0.305. The second-order valence-corrected chi connectivity index (χ2v) is 5.95. The molecular weight excluding hydrogens is 224 g/mol. The summed E-state index contributed by atoms with van der Waals surface area (Å²) in [5.41, 5.74) is -0.289. The van der Waals surface area contributed by atoms with E-state index < -0.39 is 5.92 Å². The first-order valence-corrected chi connectivity index (χ1v) is 6.85. The second-order valence-electron chi connectivity index (χ2n) is 5.95. The molecule has 98 valence electrons. The van der Waals surface area contributed by atoms with Crippen LogP contribution < -0.4 is 5.32 Å². The molecule has 17 heavy (non-hydrogen) atoms. The minimum atomic E-state index is -2.46. The van der Waals surface area contributed by atoms with Gasteiger partial charge in [-0.3, -0.25) is 0 Å². The van der Waals surface area contributed by atoms with Gasteiger partial charge in [0.15, 0.2) is 0 Å². The lowest BCUT2D eigenvalue weighted by Crippen LogP contribution is -2.60. The highest BCUT2D eigenvalue weighted by Crippen LogP contribution is 2.46. The van der Waals surface area contributed by atoms with E-state index in [0.717, 1.165) is 18.9 Å². The van der Waals surface area contributed by atoms with E-state index in [4.69, 9.17) is 4.74 Å². The fraction of sp³-hybridized carbons (Fsp3) is 1.00. The molecule has 1 heterocycles. The third kappa shape index (κ3) is 2.48. The maximum atomic E-state index is 13.3. The van der Waals surface area contributed by atoms with Crippen molar-refractivity contribution >= 4 is 0 Å². The first-order valence-electron chi connectivity index (χ1n) is 6.85. The van der Waals surface area contributed by atoms with E-state index in [-0.39, 0.29) is 18.4 Å². The molecule has 3 aliphatic rings. The fourth-order valence-corrected chi connectivity index (χ4v) is 3.29. The van der Waals surface area contributed by atoms with Crippen molar-refractivity contribution in [3.8, 4) is 0 Å². The van der Waals surface area contributed by atoms with Gasteiger partial charge < -0.3 is 10.1 Å². The molecule has 0 aromatic heterocycles. The molecule has 1 saturated heterocycles. The Morgan fingerprint density at radius 1 is 1.12 bits per heavy atom. The molecule has 1 N–H and O–H groups in total. The Hall–Kier alpha value is -0.220. The minimum Gasteiger partial charge on any atom is -0.372 e. The number of morpholine rings is 1. The molecule has 0 bridgehead atoms. The average molecular weight is 245 g/mol. The van der Waals surface area contributed by atoms with Crippen molar-refractivity contribution in [1.29, 1.82) is 0 Å². The van der Waals surface area contributed by atoms with Crippen LogP contribution in [0.2, 0.25) is 0 Å². The molecule has 0 amide bonds. The van der Waals surface area contributed by atoms with Crippen LogP contribution in [0.5, 0.6) is 0 Å². The zero-order chi connectivity index (χ0) is 11.9. The van der Waals surface area contributed by atoms with Crippen LogP contribution in [-0.2, 0) is 4.74 Å². The van der Waals surface area contributed by atoms with E-state index in [9.17, 15) is 8.78 Å². The van der Waals surface area contributed by atoms with Crippen molar-refractivity contribution < 1.29 is 13.5 Å². The van der Waals surface area contributed by atoms with Crippen molar-refractivity contribution in [2.45, 2.75) is 62.5 Å². The van der Waals surface area contributed by atoms with E-state index in [2.05, 4.69) is 5.32 Å². The van der Waals surface area contributed by atoms with Gasteiger partial charge in [0.05, 0.1) is 12.2 Å². The molecule has 1 atom stereocenters. The predicted octanol–water partition coefficient (Wildman–Crippen LogP) is 2.72. The summed E-state index contributed by atoms with van der Waals surface area (Å²) >= 11 is 0. The van der Waals surface area contributed by atoms with E-state index >= 15 is 0 Å². The Kier molecular flexibility index (Phi) is 2.90. The highest BCUT2D eigenvalue weighted by molar-refractivity contribution is 5.02. The van der Waals surface area contributed by atoms with Crippen molar-refractivity contribution in [2.24, 2.45) is 5.92 Å². The van der Waals surface area contributed by atoms with Crippen molar-refractivity contribution in [3.63, 3.8) is 0 Å². The first kappa shape index (κ1) is 11.8. The van der Waals surface area contributed by atoms with Gasteiger partial charge >= 0.3 is 0 Å². The monoisotopic (exact) mass is 245 g/mol. The van der Waals surface area contributed by atoms with Gasteiger partial charge in [-0.25, -0.2) is 8.78 Å². The fourth-order valence-electron chi connectivity index (χ4n) is 3.29. The third-order valence-electron chi connectivity index (χ3n) is 4.61. The quantitative estimate of drug-likeness (QED) is 0.807. The van der Waals surface area contributed by atoms with Gasteiger partial charge in [0.25, 0.3) is 0 Å². The van der Waals surface area contributed by atoms with Crippen LogP contribution in [0.25, 0.3) is 0 Å². The SMILES string of the molecule is FC1(F)CCC2(CC1)OCCNC2CC1CC1. The van der Waals surface area contributed by atoms with Crippen LogP contribution >= 0.6 is 0 Å². The summed E-state index contributed by atoms with van der Waals surface area (Å²) in [7, 11) is 0. The van der Waals surface area contributed by atoms with Crippen molar-refractivity contribution in [2.75, 3.05) is 13.2 Å².